The van der Waals surface area contributed by atoms with Crippen LogP contribution in [0.3, 0.4) is 0 Å². The first-order valence-corrected chi connectivity index (χ1v) is 12.5. The molecule has 3 heterocycles. The van der Waals surface area contributed by atoms with Gasteiger partial charge in [0.1, 0.15) is 10.0 Å². The number of fused-ring (bicyclic) bond motifs is 1. The van der Waals surface area contributed by atoms with Crippen LogP contribution in [0.25, 0.3) is 11.0 Å². The van der Waals surface area contributed by atoms with E-state index in [1.165, 1.54) is 15.6 Å². The molecule has 1 saturated heterocycles. The second-order valence-corrected chi connectivity index (χ2v) is 11.1. The SMILES string of the molecule is CC(C)[C@H](NC(=O)C1CCN(S(=O)(=O)c2cccs2)CC1)c1nc2ccccc2[nH]1. The first-order chi connectivity index (χ1) is 14.4. The van der Waals surface area contributed by atoms with Crippen molar-refractivity contribution >= 4 is 38.3 Å². The molecule has 0 spiro atoms. The second kappa shape index (κ2) is 8.49. The maximum absolute atomic E-state index is 13.0. The number of carbonyl (C=O) groups is 1. The van der Waals surface area contributed by atoms with Gasteiger partial charge in [-0.1, -0.05) is 32.0 Å². The van der Waals surface area contributed by atoms with Gasteiger partial charge in [0, 0.05) is 19.0 Å². The Morgan fingerprint density at radius 2 is 1.93 bits per heavy atom. The van der Waals surface area contributed by atoms with Crippen LogP contribution >= 0.6 is 11.3 Å². The normalized spacial score (nSPS) is 17.4. The fourth-order valence-electron chi connectivity index (χ4n) is 3.84. The summed E-state index contributed by atoms with van der Waals surface area (Å²) in [4.78, 5) is 20.9. The largest absolute Gasteiger partial charge is 0.346 e. The highest BCUT2D eigenvalue weighted by atomic mass is 32.2. The van der Waals surface area contributed by atoms with Crippen molar-refractivity contribution in [3.05, 3.63) is 47.6 Å². The van der Waals surface area contributed by atoms with Crippen molar-refractivity contribution in [2.75, 3.05) is 13.1 Å². The highest BCUT2D eigenvalue weighted by Crippen LogP contribution is 2.28. The lowest BCUT2D eigenvalue weighted by Gasteiger charge is -2.31. The summed E-state index contributed by atoms with van der Waals surface area (Å²) in [5, 5.41) is 4.91. The fraction of sp³-hybridized carbons (Fsp3) is 0.429. The van der Waals surface area contributed by atoms with E-state index in [4.69, 9.17) is 0 Å². The highest BCUT2D eigenvalue weighted by molar-refractivity contribution is 7.91. The topological polar surface area (TPSA) is 95.2 Å². The van der Waals surface area contributed by atoms with Crippen LogP contribution in [0.1, 0.15) is 38.6 Å². The van der Waals surface area contributed by atoms with Gasteiger partial charge in [-0.25, -0.2) is 13.4 Å². The number of imidazole rings is 1. The minimum Gasteiger partial charge on any atom is -0.346 e. The average molecular weight is 447 g/mol. The molecule has 2 N–H and O–H groups in total. The monoisotopic (exact) mass is 446 g/mol. The minimum absolute atomic E-state index is 0.0395. The molecule has 30 heavy (non-hydrogen) atoms. The molecule has 2 aromatic heterocycles. The number of thiophene rings is 1. The van der Waals surface area contributed by atoms with E-state index in [9.17, 15) is 13.2 Å². The van der Waals surface area contributed by atoms with Crippen molar-refractivity contribution in [2.24, 2.45) is 11.8 Å². The first kappa shape index (κ1) is 21.0. The van der Waals surface area contributed by atoms with Gasteiger partial charge in [-0.15, -0.1) is 11.3 Å². The van der Waals surface area contributed by atoms with Crippen LogP contribution in [0.15, 0.2) is 46.0 Å². The predicted molar refractivity (Wildman–Crippen MR) is 118 cm³/mol. The van der Waals surface area contributed by atoms with Gasteiger partial charge in [-0.3, -0.25) is 4.79 Å². The van der Waals surface area contributed by atoms with Gasteiger partial charge in [-0.2, -0.15) is 4.31 Å². The van der Waals surface area contributed by atoms with E-state index in [1.54, 1.807) is 17.5 Å². The third-order valence-corrected chi connectivity index (χ3v) is 8.85. The molecule has 1 aliphatic rings. The number of nitrogens with one attached hydrogen (secondary N) is 2. The van der Waals surface area contributed by atoms with Gasteiger partial charge in [0.15, 0.2) is 0 Å². The Morgan fingerprint density at radius 3 is 2.57 bits per heavy atom. The van der Waals surface area contributed by atoms with E-state index < -0.39 is 10.0 Å². The van der Waals surface area contributed by atoms with E-state index in [1.807, 2.05) is 38.1 Å². The molecule has 0 saturated carbocycles. The van der Waals surface area contributed by atoms with E-state index in [0.29, 0.717) is 30.1 Å². The number of hydrogen-bond acceptors (Lipinski definition) is 5. The van der Waals surface area contributed by atoms with Crippen molar-refractivity contribution < 1.29 is 13.2 Å². The zero-order valence-electron chi connectivity index (χ0n) is 17.0. The lowest BCUT2D eigenvalue weighted by Crippen LogP contribution is -2.44. The number of benzene rings is 1. The Kier molecular flexibility index (Phi) is 5.95. The molecule has 0 aliphatic carbocycles. The summed E-state index contributed by atoms with van der Waals surface area (Å²) in [5.41, 5.74) is 1.82. The van der Waals surface area contributed by atoms with Gasteiger partial charge >= 0.3 is 0 Å². The van der Waals surface area contributed by atoms with Crippen LogP contribution in [0.2, 0.25) is 0 Å². The zero-order chi connectivity index (χ0) is 21.3. The van der Waals surface area contributed by atoms with Crippen LogP contribution < -0.4 is 5.32 Å². The number of para-hydroxylation sites is 2. The molecular weight excluding hydrogens is 420 g/mol. The summed E-state index contributed by atoms with van der Waals surface area (Å²) in [6.45, 7) is 4.81. The van der Waals surface area contributed by atoms with E-state index >= 15 is 0 Å². The molecule has 7 nitrogen and oxygen atoms in total. The summed E-state index contributed by atoms with van der Waals surface area (Å²) in [5.74, 6) is 0.666. The van der Waals surface area contributed by atoms with Crippen molar-refractivity contribution in [1.29, 1.82) is 0 Å². The number of hydrogen-bond donors (Lipinski definition) is 2. The molecule has 3 aromatic rings. The Hall–Kier alpha value is -2.23. The first-order valence-electron chi connectivity index (χ1n) is 10.1. The molecule has 1 atom stereocenters. The molecule has 0 radical (unpaired) electrons. The van der Waals surface area contributed by atoms with Crippen LogP contribution in [0.5, 0.6) is 0 Å². The maximum atomic E-state index is 13.0. The molecule has 1 fully saturated rings. The summed E-state index contributed by atoms with van der Waals surface area (Å²) < 4.78 is 27.2. The second-order valence-electron chi connectivity index (χ2n) is 7.98. The number of nitrogens with zero attached hydrogens (tertiary/aromatic N) is 2. The zero-order valence-corrected chi connectivity index (χ0v) is 18.7. The molecule has 4 rings (SSSR count). The van der Waals surface area contributed by atoms with Crippen LogP contribution in [0, 0.1) is 11.8 Å². The number of piperidine rings is 1. The Balaban J connectivity index is 1.42. The van der Waals surface area contributed by atoms with Crippen molar-refractivity contribution in [3.8, 4) is 0 Å². The molecular formula is C21H26N4O3S2. The molecule has 160 valence electrons. The van der Waals surface area contributed by atoms with Gasteiger partial charge in [-0.05, 0) is 42.3 Å². The van der Waals surface area contributed by atoms with Gasteiger partial charge in [0.05, 0.1) is 17.1 Å². The van der Waals surface area contributed by atoms with Crippen molar-refractivity contribution in [1.82, 2.24) is 19.6 Å². The number of amides is 1. The van der Waals surface area contributed by atoms with Crippen molar-refractivity contribution in [2.45, 2.75) is 36.9 Å². The molecule has 0 unspecified atom stereocenters. The summed E-state index contributed by atoms with van der Waals surface area (Å²) in [6.07, 6.45) is 1.03. The average Bonchev–Trinajstić information content (AvgIpc) is 3.41. The maximum Gasteiger partial charge on any atom is 0.252 e. The Labute approximate surface area is 180 Å². The van der Waals surface area contributed by atoms with Crippen molar-refractivity contribution in [3.63, 3.8) is 0 Å². The quantitative estimate of drug-likeness (QED) is 0.605. The van der Waals surface area contributed by atoms with Gasteiger partial charge < -0.3 is 10.3 Å². The molecule has 1 amide bonds. The fourth-order valence-corrected chi connectivity index (χ4v) is 6.45. The van der Waals surface area contributed by atoms with Gasteiger partial charge in [0.25, 0.3) is 10.0 Å². The summed E-state index contributed by atoms with van der Waals surface area (Å²) in [6, 6.07) is 10.9. The van der Waals surface area contributed by atoms with Crippen LogP contribution in [-0.4, -0.2) is 41.7 Å². The summed E-state index contributed by atoms with van der Waals surface area (Å²) in [7, 11) is -3.46. The lowest BCUT2D eigenvalue weighted by atomic mass is 9.95. The van der Waals surface area contributed by atoms with Crippen LogP contribution in [0.4, 0.5) is 0 Å². The standard InChI is InChI=1S/C21H26N4O3S2/c1-14(2)19(20-22-16-6-3-4-7-17(16)23-20)24-21(26)15-9-11-25(12-10-15)30(27,28)18-8-5-13-29-18/h3-8,13-15,19H,9-12H2,1-2H3,(H,22,23)(H,24,26)/t19-/m0/s1. The number of H-pyrrole nitrogens is 1. The third-order valence-electron chi connectivity index (χ3n) is 5.58. The summed E-state index contributed by atoms with van der Waals surface area (Å²) >= 11 is 1.22. The number of sulfonamides is 1. The highest BCUT2D eigenvalue weighted by Gasteiger charge is 2.34. The third kappa shape index (κ3) is 4.14. The van der Waals surface area contributed by atoms with E-state index in [0.717, 1.165) is 16.9 Å². The number of aromatic amines is 1. The van der Waals surface area contributed by atoms with Crippen LogP contribution in [-0.2, 0) is 14.8 Å². The smallest absolute Gasteiger partial charge is 0.252 e. The number of carbonyl (C=O) groups excluding carboxylic acids is 1. The molecule has 0 bridgehead atoms. The molecule has 1 aromatic carbocycles. The number of rotatable bonds is 6. The molecule has 9 heteroatoms. The van der Waals surface area contributed by atoms with E-state index in [-0.39, 0.29) is 23.8 Å². The molecule has 1 aliphatic heterocycles. The van der Waals surface area contributed by atoms with Gasteiger partial charge in [0.2, 0.25) is 5.91 Å². The van der Waals surface area contributed by atoms with E-state index in [2.05, 4.69) is 15.3 Å². The Bertz CT molecular complexity index is 1080. The Morgan fingerprint density at radius 1 is 1.20 bits per heavy atom. The number of aromatic nitrogens is 2. The predicted octanol–water partition coefficient (Wildman–Crippen LogP) is 3.54. The lowest BCUT2D eigenvalue weighted by molar-refractivity contribution is -0.127. The minimum atomic E-state index is -3.46.